The second kappa shape index (κ2) is 9.18. The Hall–Kier alpha value is -3.38. The number of H-pyrrole nitrogens is 1. The smallest absolute Gasteiger partial charge is 0.251 e. The highest BCUT2D eigenvalue weighted by Gasteiger charge is 2.12. The lowest BCUT2D eigenvalue weighted by Crippen LogP contribution is -2.26. The second-order valence-electron chi connectivity index (χ2n) is 7.22. The molecule has 3 aromatic carbocycles. The molecule has 4 aromatic rings. The molecule has 1 heterocycles. The van der Waals surface area contributed by atoms with E-state index in [4.69, 9.17) is 4.74 Å². The molecule has 0 spiro atoms. The highest BCUT2D eigenvalue weighted by atomic mass is 79.9. The summed E-state index contributed by atoms with van der Waals surface area (Å²) >= 11 is 3.43. The number of aromatic nitrogens is 2. The van der Waals surface area contributed by atoms with Gasteiger partial charge in [-0.2, -0.15) is 5.10 Å². The topological polar surface area (TPSA) is 67.0 Å². The molecule has 0 bridgehead atoms. The highest BCUT2D eigenvalue weighted by molar-refractivity contribution is 9.10. The van der Waals surface area contributed by atoms with Crippen molar-refractivity contribution in [3.63, 3.8) is 0 Å². The predicted octanol–water partition coefficient (Wildman–Crippen LogP) is 6.01. The summed E-state index contributed by atoms with van der Waals surface area (Å²) in [6.45, 7) is 1.97. The van der Waals surface area contributed by atoms with Gasteiger partial charge in [0.05, 0.1) is 24.5 Å². The molecule has 2 N–H and O–H groups in total. The highest BCUT2D eigenvalue weighted by Crippen LogP contribution is 2.26. The zero-order valence-corrected chi connectivity index (χ0v) is 18.8. The van der Waals surface area contributed by atoms with Crippen molar-refractivity contribution in [3.8, 4) is 28.3 Å². The van der Waals surface area contributed by atoms with Gasteiger partial charge < -0.3 is 10.1 Å². The molecular weight excluding hydrogens is 454 g/mol. The standard InChI is InChI=1S/C25H22BrN3O2/c1-16(17-10-12-21(26)13-11-17)27-25(30)19-8-6-18(7-9-19)23-15-24(29-28-23)20-4-3-5-22(14-20)31-2/h3-16H,1-2H3,(H,27,30)(H,28,29)/t16-/m0/s1. The van der Waals surface area contributed by atoms with Crippen LogP contribution in [-0.2, 0) is 0 Å². The Morgan fingerprint density at radius 1 is 1.00 bits per heavy atom. The van der Waals surface area contributed by atoms with Gasteiger partial charge in [0.2, 0.25) is 0 Å². The molecule has 0 radical (unpaired) electrons. The fourth-order valence-corrected chi connectivity index (χ4v) is 3.58. The number of halogens is 1. The molecule has 1 atom stereocenters. The number of aromatic amines is 1. The van der Waals surface area contributed by atoms with Gasteiger partial charge in [-0.05, 0) is 60.5 Å². The van der Waals surface area contributed by atoms with Crippen molar-refractivity contribution < 1.29 is 9.53 Å². The third-order valence-corrected chi connectivity index (χ3v) is 5.65. The number of amides is 1. The van der Waals surface area contributed by atoms with E-state index in [-0.39, 0.29) is 11.9 Å². The lowest BCUT2D eigenvalue weighted by molar-refractivity contribution is 0.0940. The van der Waals surface area contributed by atoms with E-state index in [0.29, 0.717) is 5.56 Å². The molecule has 4 rings (SSSR count). The molecular formula is C25H22BrN3O2. The second-order valence-corrected chi connectivity index (χ2v) is 8.14. The average Bonchev–Trinajstić information content (AvgIpc) is 3.30. The summed E-state index contributed by atoms with van der Waals surface area (Å²) in [5.74, 6) is 0.679. The number of nitrogens with zero attached hydrogens (tertiary/aromatic N) is 1. The Kier molecular flexibility index (Phi) is 6.18. The zero-order chi connectivity index (χ0) is 21.8. The number of ether oxygens (including phenoxy) is 1. The molecule has 6 heteroatoms. The van der Waals surface area contributed by atoms with Gasteiger partial charge >= 0.3 is 0 Å². The summed E-state index contributed by atoms with van der Waals surface area (Å²) in [6.07, 6.45) is 0. The van der Waals surface area contributed by atoms with Gasteiger partial charge in [-0.15, -0.1) is 0 Å². The fraction of sp³-hybridized carbons (Fsp3) is 0.120. The Balaban J connectivity index is 1.46. The van der Waals surface area contributed by atoms with Gasteiger partial charge in [-0.3, -0.25) is 9.89 Å². The van der Waals surface area contributed by atoms with Crippen LogP contribution in [0.1, 0.15) is 28.9 Å². The van der Waals surface area contributed by atoms with Crippen molar-refractivity contribution in [1.29, 1.82) is 0 Å². The lowest BCUT2D eigenvalue weighted by atomic mass is 10.1. The molecule has 1 aromatic heterocycles. The van der Waals surface area contributed by atoms with Crippen molar-refractivity contribution in [2.45, 2.75) is 13.0 Å². The van der Waals surface area contributed by atoms with Gasteiger partial charge in [0.25, 0.3) is 5.91 Å². The molecule has 0 saturated heterocycles. The molecule has 31 heavy (non-hydrogen) atoms. The molecule has 156 valence electrons. The van der Waals surface area contributed by atoms with Crippen molar-refractivity contribution in [3.05, 3.63) is 94.5 Å². The van der Waals surface area contributed by atoms with Crippen LogP contribution < -0.4 is 10.1 Å². The van der Waals surface area contributed by atoms with Gasteiger partial charge in [-0.1, -0.05) is 52.3 Å². The molecule has 0 fully saturated rings. The monoisotopic (exact) mass is 475 g/mol. The molecule has 0 aliphatic carbocycles. The maximum absolute atomic E-state index is 12.6. The molecule has 1 amide bonds. The van der Waals surface area contributed by atoms with Crippen molar-refractivity contribution in [1.82, 2.24) is 15.5 Å². The minimum Gasteiger partial charge on any atom is -0.497 e. The normalized spacial score (nSPS) is 11.7. The van der Waals surface area contributed by atoms with Crippen molar-refractivity contribution in [2.24, 2.45) is 0 Å². The van der Waals surface area contributed by atoms with Crippen LogP contribution in [0.2, 0.25) is 0 Å². The number of carbonyl (C=O) groups is 1. The van der Waals surface area contributed by atoms with E-state index in [1.54, 1.807) is 7.11 Å². The third kappa shape index (κ3) is 4.86. The maximum Gasteiger partial charge on any atom is 0.251 e. The van der Waals surface area contributed by atoms with Gasteiger partial charge in [0, 0.05) is 15.6 Å². The summed E-state index contributed by atoms with van der Waals surface area (Å²) in [7, 11) is 1.65. The van der Waals surface area contributed by atoms with Crippen LogP contribution in [0.25, 0.3) is 22.5 Å². The number of hydrogen-bond acceptors (Lipinski definition) is 3. The zero-order valence-electron chi connectivity index (χ0n) is 17.2. The summed E-state index contributed by atoms with van der Waals surface area (Å²) in [6, 6.07) is 25.1. The third-order valence-electron chi connectivity index (χ3n) is 5.12. The summed E-state index contributed by atoms with van der Waals surface area (Å²) < 4.78 is 6.30. The van der Waals surface area contributed by atoms with Crippen LogP contribution >= 0.6 is 15.9 Å². The van der Waals surface area contributed by atoms with Crippen molar-refractivity contribution >= 4 is 21.8 Å². The van der Waals surface area contributed by atoms with E-state index in [9.17, 15) is 4.79 Å². The average molecular weight is 476 g/mol. The Morgan fingerprint density at radius 3 is 2.45 bits per heavy atom. The van der Waals surface area contributed by atoms with E-state index in [0.717, 1.165) is 38.3 Å². The molecule has 0 unspecified atom stereocenters. The quantitative estimate of drug-likeness (QED) is 0.359. The van der Waals surface area contributed by atoms with Crippen LogP contribution in [-0.4, -0.2) is 23.2 Å². The number of benzene rings is 3. The number of carbonyl (C=O) groups excluding carboxylic acids is 1. The first-order valence-corrected chi connectivity index (χ1v) is 10.7. The number of nitrogens with one attached hydrogen (secondary N) is 2. The van der Waals surface area contributed by atoms with Crippen molar-refractivity contribution in [2.75, 3.05) is 7.11 Å². The first-order chi connectivity index (χ1) is 15.0. The first-order valence-electron chi connectivity index (χ1n) is 9.90. The minimum absolute atomic E-state index is 0.0849. The predicted molar refractivity (Wildman–Crippen MR) is 126 cm³/mol. The number of methoxy groups -OCH3 is 1. The Morgan fingerprint density at radius 2 is 1.74 bits per heavy atom. The van der Waals surface area contributed by atoms with E-state index < -0.39 is 0 Å². The van der Waals surface area contributed by atoms with E-state index in [1.165, 1.54) is 0 Å². The summed E-state index contributed by atoms with van der Waals surface area (Å²) in [5, 5.41) is 10.5. The molecule has 0 aliphatic rings. The lowest BCUT2D eigenvalue weighted by Gasteiger charge is -2.14. The first kappa shape index (κ1) is 20.9. The molecule has 5 nitrogen and oxygen atoms in total. The summed E-state index contributed by atoms with van der Waals surface area (Å²) in [5.41, 5.74) is 5.31. The van der Waals surface area contributed by atoms with E-state index in [2.05, 4.69) is 31.4 Å². The van der Waals surface area contributed by atoms with Gasteiger partial charge in [0.15, 0.2) is 0 Å². The minimum atomic E-state index is -0.108. The van der Waals surface area contributed by atoms with E-state index >= 15 is 0 Å². The van der Waals surface area contributed by atoms with Crippen LogP contribution in [0, 0.1) is 0 Å². The van der Waals surface area contributed by atoms with Crippen LogP contribution in [0.5, 0.6) is 5.75 Å². The molecule has 0 saturated carbocycles. The molecule has 0 aliphatic heterocycles. The van der Waals surface area contributed by atoms with Crippen LogP contribution in [0.4, 0.5) is 0 Å². The van der Waals surface area contributed by atoms with Crippen LogP contribution in [0.15, 0.2) is 83.3 Å². The SMILES string of the molecule is COc1cccc(-c2cc(-c3ccc(C(=O)N[C@@H](C)c4ccc(Br)cc4)cc3)[nH]n2)c1. The maximum atomic E-state index is 12.6. The Labute approximate surface area is 189 Å². The van der Waals surface area contributed by atoms with Gasteiger partial charge in [0.1, 0.15) is 5.75 Å². The van der Waals surface area contributed by atoms with Crippen LogP contribution in [0.3, 0.4) is 0 Å². The number of rotatable bonds is 6. The Bertz CT molecular complexity index is 1180. The van der Waals surface area contributed by atoms with Gasteiger partial charge in [-0.25, -0.2) is 0 Å². The largest absolute Gasteiger partial charge is 0.497 e. The fourth-order valence-electron chi connectivity index (χ4n) is 3.32. The number of hydrogen-bond donors (Lipinski definition) is 2. The van der Waals surface area contributed by atoms with E-state index in [1.807, 2.05) is 85.8 Å². The summed E-state index contributed by atoms with van der Waals surface area (Å²) in [4.78, 5) is 12.6.